The molecule has 6 nitrogen and oxygen atoms in total. The van der Waals surface area contributed by atoms with Gasteiger partial charge in [-0.05, 0) is 30.3 Å². The van der Waals surface area contributed by atoms with Crippen molar-refractivity contribution in [3.8, 4) is 0 Å². The molecule has 7 heteroatoms. The lowest BCUT2D eigenvalue weighted by molar-refractivity contribution is 0.198. The van der Waals surface area contributed by atoms with Crippen LogP contribution in [-0.2, 0) is 7.05 Å². The molecule has 0 fully saturated rings. The second-order valence-corrected chi connectivity index (χ2v) is 4.57. The fraction of sp³-hybridized carbons (Fsp3) is 0.300. The van der Waals surface area contributed by atoms with Crippen molar-refractivity contribution < 1.29 is 5.11 Å². The highest BCUT2D eigenvalue weighted by atomic mass is 32.2. The van der Waals surface area contributed by atoms with Gasteiger partial charge in [-0.3, -0.25) is 4.57 Å². The maximum Gasteiger partial charge on any atom is 0.343 e. The molecule has 0 aliphatic heterocycles. The largest absolute Gasteiger partial charge is 0.389 e. The molecule has 0 aromatic carbocycles. The van der Waals surface area contributed by atoms with Crippen LogP contribution in [0.3, 0.4) is 0 Å². The van der Waals surface area contributed by atoms with Crippen molar-refractivity contribution in [1.29, 1.82) is 0 Å². The molecule has 0 aliphatic rings. The summed E-state index contributed by atoms with van der Waals surface area (Å²) < 4.78 is 1.41. The van der Waals surface area contributed by atoms with Crippen LogP contribution in [0.4, 0.5) is 0 Å². The summed E-state index contributed by atoms with van der Waals surface area (Å²) in [5, 5.41) is 16.8. The van der Waals surface area contributed by atoms with E-state index in [0.29, 0.717) is 5.16 Å². The molecule has 0 spiro atoms. The lowest BCUT2D eigenvalue weighted by Crippen LogP contribution is -2.12. The van der Waals surface area contributed by atoms with E-state index in [1.807, 2.05) is 0 Å². The first-order chi connectivity index (χ1) is 8.08. The second kappa shape index (κ2) is 4.72. The monoisotopic (exact) mass is 252 g/mol. The molecule has 2 aromatic rings. The lowest BCUT2D eigenvalue weighted by Gasteiger charge is -2.04. The third-order valence-electron chi connectivity index (χ3n) is 2.28. The number of H-pyrrole nitrogens is 1. The van der Waals surface area contributed by atoms with Gasteiger partial charge < -0.3 is 5.11 Å². The number of nitrogens with one attached hydrogen (secondary N) is 1. The number of nitrogens with zero attached hydrogens (tertiary/aromatic N) is 3. The summed E-state index contributed by atoms with van der Waals surface area (Å²) in [6.45, 7) is 1.68. The van der Waals surface area contributed by atoms with E-state index in [-0.39, 0.29) is 5.69 Å². The van der Waals surface area contributed by atoms with E-state index in [9.17, 15) is 9.90 Å². The van der Waals surface area contributed by atoms with Crippen molar-refractivity contribution in [3.05, 3.63) is 34.4 Å². The van der Waals surface area contributed by atoms with E-state index < -0.39 is 6.10 Å². The Morgan fingerprint density at radius 1 is 1.53 bits per heavy atom. The van der Waals surface area contributed by atoms with Gasteiger partial charge in [-0.15, -0.1) is 5.10 Å². The van der Waals surface area contributed by atoms with Crippen LogP contribution in [0.5, 0.6) is 0 Å². The fourth-order valence-electron chi connectivity index (χ4n) is 1.22. The predicted molar refractivity (Wildman–Crippen MR) is 62.8 cm³/mol. The molecule has 0 aliphatic carbocycles. The highest BCUT2D eigenvalue weighted by Crippen LogP contribution is 2.23. The molecule has 2 heterocycles. The topological polar surface area (TPSA) is 83.8 Å². The van der Waals surface area contributed by atoms with Gasteiger partial charge in [0.05, 0.1) is 6.10 Å². The van der Waals surface area contributed by atoms with Crippen LogP contribution in [0.25, 0.3) is 0 Å². The van der Waals surface area contributed by atoms with Gasteiger partial charge >= 0.3 is 5.69 Å². The molecule has 1 atom stereocenters. The van der Waals surface area contributed by atoms with E-state index in [1.165, 1.54) is 16.3 Å². The van der Waals surface area contributed by atoms with Crippen molar-refractivity contribution in [2.45, 2.75) is 23.2 Å². The van der Waals surface area contributed by atoms with Gasteiger partial charge in [0, 0.05) is 13.2 Å². The molecule has 2 rings (SSSR count). The van der Waals surface area contributed by atoms with Gasteiger partial charge in [0.15, 0.2) is 5.16 Å². The van der Waals surface area contributed by atoms with Crippen molar-refractivity contribution in [1.82, 2.24) is 19.7 Å². The van der Waals surface area contributed by atoms with Crippen LogP contribution in [0.15, 0.2) is 33.3 Å². The normalized spacial score (nSPS) is 12.6. The molecular weight excluding hydrogens is 240 g/mol. The van der Waals surface area contributed by atoms with Gasteiger partial charge in [0.1, 0.15) is 5.03 Å². The van der Waals surface area contributed by atoms with Crippen LogP contribution in [-0.4, -0.2) is 24.9 Å². The summed E-state index contributed by atoms with van der Waals surface area (Å²) in [7, 11) is 1.64. The Labute approximate surface area is 102 Å². The summed E-state index contributed by atoms with van der Waals surface area (Å²) in [6.07, 6.45) is 1.08. The van der Waals surface area contributed by atoms with Crippen LogP contribution >= 0.6 is 11.8 Å². The van der Waals surface area contributed by atoms with Gasteiger partial charge in [-0.1, -0.05) is 6.07 Å². The van der Waals surface area contributed by atoms with E-state index in [1.54, 1.807) is 32.3 Å². The first kappa shape index (κ1) is 11.9. The molecule has 0 amide bonds. The van der Waals surface area contributed by atoms with Crippen molar-refractivity contribution in [2.75, 3.05) is 0 Å². The molecule has 17 heavy (non-hydrogen) atoms. The Balaban J connectivity index is 2.19. The molecule has 2 aromatic heterocycles. The zero-order valence-corrected chi connectivity index (χ0v) is 10.2. The number of hydrogen-bond acceptors (Lipinski definition) is 5. The van der Waals surface area contributed by atoms with Gasteiger partial charge in [-0.25, -0.2) is 14.9 Å². The number of aliphatic hydroxyl groups is 1. The number of aromatic nitrogens is 4. The van der Waals surface area contributed by atoms with E-state index in [2.05, 4.69) is 15.2 Å². The molecular formula is C10H12N4O2S. The fourth-order valence-corrected chi connectivity index (χ4v) is 1.96. The lowest BCUT2D eigenvalue weighted by atomic mass is 10.2. The summed E-state index contributed by atoms with van der Waals surface area (Å²) in [5.41, 5.74) is 0.498. The van der Waals surface area contributed by atoms with Gasteiger partial charge in [0.25, 0.3) is 0 Å². The van der Waals surface area contributed by atoms with Crippen molar-refractivity contribution in [3.63, 3.8) is 0 Å². The number of hydrogen-bond donors (Lipinski definition) is 2. The third kappa shape index (κ3) is 2.56. The maximum absolute atomic E-state index is 11.2. The molecule has 90 valence electrons. The van der Waals surface area contributed by atoms with E-state index >= 15 is 0 Å². The van der Waals surface area contributed by atoms with Crippen LogP contribution in [0.1, 0.15) is 18.6 Å². The second-order valence-electron chi connectivity index (χ2n) is 3.58. The number of pyridine rings is 1. The molecule has 0 bridgehead atoms. The molecule has 0 saturated heterocycles. The SMILES string of the molecule is CC(O)c1ccc(Sc2n[nH]c(=O)n2C)nc1. The predicted octanol–water partition coefficient (Wildman–Crippen LogP) is 0.708. The summed E-state index contributed by atoms with van der Waals surface area (Å²) in [5.74, 6) is 0. The van der Waals surface area contributed by atoms with E-state index in [0.717, 1.165) is 10.6 Å². The first-order valence-electron chi connectivity index (χ1n) is 5.01. The third-order valence-corrected chi connectivity index (χ3v) is 3.27. The Morgan fingerprint density at radius 3 is 2.76 bits per heavy atom. The Hall–Kier alpha value is -1.60. The zero-order chi connectivity index (χ0) is 12.4. The zero-order valence-electron chi connectivity index (χ0n) is 9.41. The van der Waals surface area contributed by atoms with Gasteiger partial charge in [0.2, 0.25) is 0 Å². The summed E-state index contributed by atoms with van der Waals surface area (Å²) in [6, 6.07) is 3.58. The number of rotatable bonds is 3. The van der Waals surface area contributed by atoms with Crippen LogP contribution < -0.4 is 5.69 Å². The average Bonchev–Trinajstić information content (AvgIpc) is 2.62. The van der Waals surface area contributed by atoms with Crippen LogP contribution in [0.2, 0.25) is 0 Å². The Kier molecular flexibility index (Phi) is 3.30. The first-order valence-corrected chi connectivity index (χ1v) is 5.83. The quantitative estimate of drug-likeness (QED) is 0.840. The van der Waals surface area contributed by atoms with E-state index in [4.69, 9.17) is 0 Å². The molecule has 0 radical (unpaired) electrons. The Bertz CT molecular complexity index is 558. The standard InChI is InChI=1S/C10H12N4O2S/c1-6(15)7-3-4-8(11-5-7)17-10-13-12-9(16)14(10)2/h3-6,15H,1-2H3,(H,12,16). The Morgan fingerprint density at radius 2 is 2.29 bits per heavy atom. The highest BCUT2D eigenvalue weighted by molar-refractivity contribution is 7.99. The smallest absolute Gasteiger partial charge is 0.343 e. The highest BCUT2D eigenvalue weighted by Gasteiger charge is 2.08. The molecule has 0 saturated carbocycles. The molecule has 1 unspecified atom stereocenters. The number of aliphatic hydroxyl groups excluding tert-OH is 1. The minimum Gasteiger partial charge on any atom is -0.389 e. The summed E-state index contributed by atoms with van der Waals surface area (Å²) in [4.78, 5) is 15.3. The van der Waals surface area contributed by atoms with Crippen LogP contribution in [0, 0.1) is 0 Å². The van der Waals surface area contributed by atoms with Gasteiger partial charge in [-0.2, -0.15) is 0 Å². The average molecular weight is 252 g/mol. The van der Waals surface area contributed by atoms with Crippen molar-refractivity contribution in [2.24, 2.45) is 7.05 Å². The summed E-state index contributed by atoms with van der Waals surface area (Å²) >= 11 is 1.28. The molecule has 2 N–H and O–H groups in total. The van der Waals surface area contributed by atoms with Crippen molar-refractivity contribution >= 4 is 11.8 Å². The minimum absolute atomic E-state index is 0.256. The minimum atomic E-state index is -0.531. The maximum atomic E-state index is 11.2. The number of aromatic amines is 1.